The molecule has 0 bridgehead atoms. The number of para-hydroxylation sites is 1. The summed E-state index contributed by atoms with van der Waals surface area (Å²) in [4.78, 5) is 11.7. The largest absolute Gasteiger partial charge is 0.481 e. The molecule has 0 spiro atoms. The highest BCUT2D eigenvalue weighted by atomic mass is 16.8. The van der Waals surface area contributed by atoms with Crippen molar-refractivity contribution in [2.24, 2.45) is 5.41 Å². The zero-order valence-corrected chi connectivity index (χ0v) is 13.3. The number of aliphatic carboxylic acids is 1. The van der Waals surface area contributed by atoms with E-state index in [1.807, 2.05) is 38.1 Å². The first-order valence-corrected chi connectivity index (χ1v) is 7.68. The maximum Gasteiger partial charge on any atom is 0.309 e. The van der Waals surface area contributed by atoms with Gasteiger partial charge in [-0.1, -0.05) is 17.3 Å². The van der Waals surface area contributed by atoms with Gasteiger partial charge in [0, 0.05) is 6.42 Å². The Balaban J connectivity index is 1.90. The summed E-state index contributed by atoms with van der Waals surface area (Å²) in [5.74, 6) is -1.64. The number of carboxylic acid groups (broad SMARTS) is 1. The quantitative estimate of drug-likeness (QED) is 0.913. The van der Waals surface area contributed by atoms with Crippen LogP contribution in [0.5, 0.6) is 0 Å². The normalized spacial score (nSPS) is 35.5. The minimum atomic E-state index is -0.952. The van der Waals surface area contributed by atoms with E-state index in [4.69, 9.17) is 9.47 Å². The number of nitrogens with zero attached hydrogens (tertiary/aromatic N) is 3. The Labute approximate surface area is 133 Å². The Kier molecular flexibility index (Phi) is 2.73. The van der Waals surface area contributed by atoms with Crippen LogP contribution >= 0.6 is 0 Å². The maximum atomic E-state index is 11.7. The molecule has 4 rings (SSSR count). The zero-order valence-electron chi connectivity index (χ0n) is 13.3. The van der Waals surface area contributed by atoms with Crippen LogP contribution in [-0.4, -0.2) is 38.0 Å². The first-order chi connectivity index (χ1) is 10.8. The lowest BCUT2D eigenvalue weighted by Crippen LogP contribution is -2.41. The Morgan fingerprint density at radius 2 is 2.09 bits per heavy atom. The zero-order chi connectivity index (χ0) is 16.5. The molecule has 1 N–H and O–H groups in total. The summed E-state index contributed by atoms with van der Waals surface area (Å²) in [6, 6.07) is 7.58. The molecule has 2 aliphatic rings. The molecule has 0 radical (unpaired) electrons. The van der Waals surface area contributed by atoms with Crippen LogP contribution in [0.4, 0.5) is 0 Å². The fourth-order valence-electron chi connectivity index (χ4n) is 3.91. The fraction of sp³-hybridized carbons (Fsp3) is 0.562. The van der Waals surface area contributed by atoms with E-state index in [1.54, 1.807) is 11.6 Å². The molecule has 1 aromatic heterocycles. The van der Waals surface area contributed by atoms with E-state index in [1.165, 1.54) is 0 Å². The van der Waals surface area contributed by atoms with Gasteiger partial charge in [-0.2, -0.15) is 0 Å². The molecule has 1 aromatic carbocycles. The van der Waals surface area contributed by atoms with Gasteiger partial charge in [0.15, 0.2) is 11.5 Å². The molecule has 1 saturated carbocycles. The van der Waals surface area contributed by atoms with E-state index in [-0.39, 0.29) is 12.5 Å². The van der Waals surface area contributed by atoms with Crippen LogP contribution in [0.2, 0.25) is 0 Å². The monoisotopic (exact) mass is 317 g/mol. The summed E-state index contributed by atoms with van der Waals surface area (Å²) in [7, 11) is 0. The molecule has 2 heterocycles. The molecule has 1 saturated heterocycles. The minimum Gasteiger partial charge on any atom is -0.481 e. The third kappa shape index (κ3) is 1.93. The van der Waals surface area contributed by atoms with Crippen molar-refractivity contribution in [1.29, 1.82) is 0 Å². The summed E-state index contributed by atoms with van der Waals surface area (Å²) in [5.41, 5.74) is -0.313. The van der Waals surface area contributed by atoms with Gasteiger partial charge in [0.05, 0.1) is 10.9 Å². The smallest absolute Gasteiger partial charge is 0.309 e. The summed E-state index contributed by atoms with van der Waals surface area (Å²) in [6.07, 6.45) is 0.278. The van der Waals surface area contributed by atoms with Crippen molar-refractivity contribution in [2.45, 2.75) is 51.2 Å². The third-order valence-corrected chi connectivity index (χ3v) is 4.86. The van der Waals surface area contributed by atoms with E-state index in [2.05, 4.69) is 10.3 Å². The molecule has 2 fully saturated rings. The summed E-state index contributed by atoms with van der Waals surface area (Å²) >= 11 is 0. The van der Waals surface area contributed by atoms with Gasteiger partial charge in [-0.3, -0.25) is 4.79 Å². The maximum absolute atomic E-state index is 11.7. The van der Waals surface area contributed by atoms with E-state index in [0.717, 1.165) is 11.0 Å². The highest BCUT2D eigenvalue weighted by Crippen LogP contribution is 2.56. The molecule has 122 valence electrons. The number of rotatable bonds is 2. The molecule has 3 atom stereocenters. The van der Waals surface area contributed by atoms with Gasteiger partial charge in [-0.05, 0) is 39.3 Å². The summed E-state index contributed by atoms with van der Waals surface area (Å²) in [5, 5.41) is 18.1. The number of carbonyl (C=O) groups is 1. The molecule has 23 heavy (non-hydrogen) atoms. The Hall–Kier alpha value is -1.99. The van der Waals surface area contributed by atoms with Crippen molar-refractivity contribution in [2.75, 3.05) is 0 Å². The first-order valence-electron chi connectivity index (χ1n) is 7.68. The molecular weight excluding hydrogens is 298 g/mol. The Morgan fingerprint density at radius 1 is 1.35 bits per heavy atom. The number of benzene rings is 1. The van der Waals surface area contributed by atoms with Gasteiger partial charge in [-0.25, -0.2) is 4.68 Å². The van der Waals surface area contributed by atoms with Gasteiger partial charge in [0.25, 0.3) is 0 Å². The Morgan fingerprint density at radius 3 is 2.83 bits per heavy atom. The lowest BCUT2D eigenvalue weighted by Gasteiger charge is -2.30. The molecule has 0 amide bonds. The van der Waals surface area contributed by atoms with Crippen LogP contribution in [0.1, 0.15) is 33.6 Å². The topological polar surface area (TPSA) is 86.5 Å². The molecule has 1 aliphatic carbocycles. The molecule has 2 aromatic rings. The van der Waals surface area contributed by atoms with Crippen molar-refractivity contribution in [3.63, 3.8) is 0 Å². The SMILES string of the molecule is CC1(C)OC2CC(C)(C(=O)O)CC2(n2nnc3ccccc32)O1. The molecule has 7 nitrogen and oxygen atoms in total. The molecular formula is C16H19N3O4. The lowest BCUT2D eigenvalue weighted by atomic mass is 9.88. The molecule has 7 heteroatoms. The van der Waals surface area contributed by atoms with Gasteiger partial charge in [0.2, 0.25) is 0 Å². The second-order valence-electron chi connectivity index (χ2n) is 7.19. The van der Waals surface area contributed by atoms with Crippen LogP contribution in [-0.2, 0) is 20.0 Å². The van der Waals surface area contributed by atoms with Crippen LogP contribution in [0.25, 0.3) is 11.0 Å². The second-order valence-corrected chi connectivity index (χ2v) is 7.19. The minimum absolute atomic E-state index is 0.288. The van der Waals surface area contributed by atoms with Gasteiger partial charge in [-0.15, -0.1) is 5.10 Å². The van der Waals surface area contributed by atoms with Crippen LogP contribution < -0.4 is 0 Å². The molecule has 3 unspecified atom stereocenters. The number of carboxylic acids is 1. The lowest BCUT2D eigenvalue weighted by molar-refractivity contribution is -0.199. The number of aromatic nitrogens is 3. The van der Waals surface area contributed by atoms with Gasteiger partial charge in [0.1, 0.15) is 11.6 Å². The average Bonchev–Trinajstić information content (AvgIpc) is 3.05. The number of hydrogen-bond acceptors (Lipinski definition) is 5. The third-order valence-electron chi connectivity index (χ3n) is 4.86. The van der Waals surface area contributed by atoms with Gasteiger partial charge >= 0.3 is 5.97 Å². The highest BCUT2D eigenvalue weighted by molar-refractivity contribution is 5.76. The number of ether oxygens (including phenoxy) is 2. The van der Waals surface area contributed by atoms with E-state index < -0.39 is 22.9 Å². The van der Waals surface area contributed by atoms with Gasteiger partial charge < -0.3 is 14.6 Å². The molecule has 1 aliphatic heterocycles. The second kappa shape index (κ2) is 4.30. The first kappa shape index (κ1) is 14.6. The summed E-state index contributed by atoms with van der Waals surface area (Å²) in [6.45, 7) is 5.41. The standard InChI is InChI=1S/C16H19N3O4/c1-14(2)22-12-8-15(3,13(20)21)9-16(12,23-14)19-11-7-5-4-6-10(11)17-18-19/h4-7,12H,8-9H2,1-3H3,(H,20,21). The van der Waals surface area contributed by atoms with Crippen molar-refractivity contribution in [3.05, 3.63) is 24.3 Å². The van der Waals surface area contributed by atoms with Crippen molar-refractivity contribution >= 4 is 17.0 Å². The fourth-order valence-corrected chi connectivity index (χ4v) is 3.91. The Bertz CT molecular complexity index is 801. The number of fused-ring (bicyclic) bond motifs is 2. The highest BCUT2D eigenvalue weighted by Gasteiger charge is 2.66. The van der Waals surface area contributed by atoms with E-state index in [9.17, 15) is 9.90 Å². The average molecular weight is 317 g/mol. The predicted molar refractivity (Wildman–Crippen MR) is 80.5 cm³/mol. The van der Waals surface area contributed by atoms with Crippen molar-refractivity contribution in [3.8, 4) is 0 Å². The van der Waals surface area contributed by atoms with Crippen LogP contribution in [0.3, 0.4) is 0 Å². The van der Waals surface area contributed by atoms with Crippen LogP contribution in [0.15, 0.2) is 24.3 Å². The number of hydrogen-bond donors (Lipinski definition) is 1. The van der Waals surface area contributed by atoms with Crippen LogP contribution in [0, 0.1) is 5.41 Å². The van der Waals surface area contributed by atoms with E-state index in [0.29, 0.717) is 6.42 Å². The summed E-state index contributed by atoms with van der Waals surface area (Å²) < 4.78 is 14.0. The van der Waals surface area contributed by atoms with Crippen molar-refractivity contribution in [1.82, 2.24) is 15.0 Å². The van der Waals surface area contributed by atoms with E-state index >= 15 is 0 Å². The van der Waals surface area contributed by atoms with Crippen molar-refractivity contribution < 1.29 is 19.4 Å². The predicted octanol–water partition coefficient (Wildman–Crippen LogP) is 2.12.